The van der Waals surface area contributed by atoms with Gasteiger partial charge in [-0.25, -0.2) is 4.79 Å². The third kappa shape index (κ3) is 3.46. The van der Waals surface area contributed by atoms with E-state index < -0.39 is 5.76 Å². The third-order valence-electron chi connectivity index (χ3n) is 3.51. The number of para-hydroxylation sites is 3. The van der Waals surface area contributed by atoms with Crippen molar-refractivity contribution in [2.45, 2.75) is 19.4 Å². The first-order valence-corrected chi connectivity index (χ1v) is 7.66. The lowest BCUT2D eigenvalue weighted by atomic mass is 10.2. The minimum Gasteiger partial charge on any atom is -0.408 e. The van der Waals surface area contributed by atoms with Crippen molar-refractivity contribution in [3.8, 4) is 0 Å². The highest BCUT2D eigenvalue weighted by atomic mass is 35.5. The Balaban J connectivity index is 1.61. The Hall–Kier alpha value is -2.53. The molecule has 118 valence electrons. The first-order chi connectivity index (χ1) is 11.1. The van der Waals surface area contributed by atoms with Crippen LogP contribution in [-0.4, -0.2) is 10.5 Å². The van der Waals surface area contributed by atoms with Crippen LogP contribution < -0.4 is 11.1 Å². The van der Waals surface area contributed by atoms with Crippen LogP contribution in [0.1, 0.15) is 12.8 Å². The predicted octanol–water partition coefficient (Wildman–Crippen LogP) is 3.67. The summed E-state index contributed by atoms with van der Waals surface area (Å²) in [4.78, 5) is 23.8. The number of nitrogens with zero attached hydrogens (tertiary/aromatic N) is 1. The molecular formula is C17H15ClN2O3. The van der Waals surface area contributed by atoms with E-state index in [1.807, 2.05) is 18.2 Å². The quantitative estimate of drug-likeness (QED) is 0.776. The van der Waals surface area contributed by atoms with Gasteiger partial charge in [0.15, 0.2) is 5.58 Å². The molecule has 1 heterocycles. The fourth-order valence-corrected chi connectivity index (χ4v) is 2.58. The van der Waals surface area contributed by atoms with E-state index in [4.69, 9.17) is 16.0 Å². The van der Waals surface area contributed by atoms with E-state index in [0.29, 0.717) is 29.3 Å². The summed E-state index contributed by atoms with van der Waals surface area (Å²) in [6.45, 7) is 0.422. The van der Waals surface area contributed by atoms with Crippen LogP contribution in [0.2, 0.25) is 5.02 Å². The standard InChI is InChI=1S/C17H15ClN2O3/c18-12-6-1-2-7-13(12)19-16(21)10-5-11-20-14-8-3-4-9-15(14)23-17(20)22/h1-4,6-9H,5,10-11H2,(H,19,21). The van der Waals surface area contributed by atoms with Crippen molar-refractivity contribution in [1.82, 2.24) is 4.57 Å². The van der Waals surface area contributed by atoms with Crippen molar-refractivity contribution in [3.05, 3.63) is 64.1 Å². The van der Waals surface area contributed by atoms with Crippen molar-refractivity contribution in [1.29, 1.82) is 0 Å². The molecule has 23 heavy (non-hydrogen) atoms. The van der Waals surface area contributed by atoms with Gasteiger partial charge in [0.1, 0.15) is 0 Å². The second-order valence-corrected chi connectivity index (χ2v) is 5.53. The molecule has 0 bridgehead atoms. The number of benzene rings is 2. The van der Waals surface area contributed by atoms with Gasteiger partial charge in [-0.15, -0.1) is 0 Å². The summed E-state index contributed by atoms with van der Waals surface area (Å²) in [5, 5.41) is 3.26. The van der Waals surface area contributed by atoms with Gasteiger partial charge in [-0.3, -0.25) is 9.36 Å². The lowest BCUT2D eigenvalue weighted by Crippen LogP contribution is -2.17. The fraction of sp³-hybridized carbons (Fsp3) is 0.176. The number of amides is 1. The Morgan fingerprint density at radius 3 is 2.70 bits per heavy atom. The summed E-state index contributed by atoms with van der Waals surface area (Å²) in [6, 6.07) is 14.3. The Kier molecular flexibility index (Phi) is 4.48. The van der Waals surface area contributed by atoms with E-state index in [1.165, 1.54) is 4.57 Å². The normalized spacial score (nSPS) is 10.8. The molecule has 0 aliphatic rings. The zero-order valence-electron chi connectivity index (χ0n) is 12.3. The van der Waals surface area contributed by atoms with Crippen LogP contribution in [0.4, 0.5) is 5.69 Å². The molecule has 0 unspecified atom stereocenters. The predicted molar refractivity (Wildman–Crippen MR) is 89.8 cm³/mol. The molecule has 0 saturated carbocycles. The molecule has 1 N–H and O–H groups in total. The summed E-state index contributed by atoms with van der Waals surface area (Å²) < 4.78 is 6.70. The zero-order chi connectivity index (χ0) is 16.2. The molecule has 0 atom stereocenters. The van der Waals surface area contributed by atoms with Crippen molar-refractivity contribution < 1.29 is 9.21 Å². The van der Waals surface area contributed by atoms with Crippen LogP contribution in [-0.2, 0) is 11.3 Å². The highest BCUT2D eigenvalue weighted by Gasteiger charge is 2.10. The van der Waals surface area contributed by atoms with Gasteiger partial charge in [-0.2, -0.15) is 0 Å². The van der Waals surface area contributed by atoms with Gasteiger partial charge in [0.05, 0.1) is 16.2 Å². The third-order valence-corrected chi connectivity index (χ3v) is 3.84. The van der Waals surface area contributed by atoms with Crippen LogP contribution >= 0.6 is 11.6 Å². The van der Waals surface area contributed by atoms with Gasteiger partial charge < -0.3 is 9.73 Å². The average molecular weight is 331 g/mol. The number of carbonyl (C=O) groups excluding carboxylic acids is 1. The van der Waals surface area contributed by atoms with E-state index in [-0.39, 0.29) is 12.3 Å². The number of rotatable bonds is 5. The molecule has 0 fully saturated rings. The maximum atomic E-state index is 12.0. The van der Waals surface area contributed by atoms with Gasteiger partial charge in [0.25, 0.3) is 0 Å². The fourth-order valence-electron chi connectivity index (χ4n) is 2.40. The van der Waals surface area contributed by atoms with E-state index >= 15 is 0 Å². The number of nitrogens with one attached hydrogen (secondary N) is 1. The van der Waals surface area contributed by atoms with Gasteiger partial charge in [-0.1, -0.05) is 35.9 Å². The molecule has 3 aromatic rings. The molecule has 0 spiro atoms. The lowest BCUT2D eigenvalue weighted by Gasteiger charge is -2.07. The Bertz CT molecular complexity index is 898. The largest absolute Gasteiger partial charge is 0.419 e. The first kappa shape index (κ1) is 15.4. The second kappa shape index (κ2) is 6.71. The number of hydrogen-bond donors (Lipinski definition) is 1. The van der Waals surface area contributed by atoms with E-state index in [1.54, 1.807) is 30.3 Å². The number of halogens is 1. The summed E-state index contributed by atoms with van der Waals surface area (Å²) in [6.07, 6.45) is 0.816. The molecule has 0 aliphatic heterocycles. The molecule has 5 nitrogen and oxygen atoms in total. The summed E-state index contributed by atoms with van der Waals surface area (Å²) in [7, 11) is 0. The molecule has 0 saturated heterocycles. The van der Waals surface area contributed by atoms with Gasteiger partial charge in [0.2, 0.25) is 5.91 Å². The van der Waals surface area contributed by atoms with Crippen molar-refractivity contribution >= 4 is 34.3 Å². The van der Waals surface area contributed by atoms with Gasteiger partial charge in [0, 0.05) is 13.0 Å². The van der Waals surface area contributed by atoms with Crippen LogP contribution in [0.25, 0.3) is 11.1 Å². The topological polar surface area (TPSA) is 64.2 Å². The van der Waals surface area contributed by atoms with E-state index in [2.05, 4.69) is 5.32 Å². The summed E-state index contributed by atoms with van der Waals surface area (Å²) in [5.41, 5.74) is 1.88. The van der Waals surface area contributed by atoms with Crippen molar-refractivity contribution in [2.24, 2.45) is 0 Å². The van der Waals surface area contributed by atoms with Crippen LogP contribution in [0.3, 0.4) is 0 Å². The smallest absolute Gasteiger partial charge is 0.408 e. The molecule has 0 radical (unpaired) electrons. The van der Waals surface area contributed by atoms with Crippen molar-refractivity contribution in [3.63, 3.8) is 0 Å². The minimum atomic E-state index is -0.405. The number of aryl methyl sites for hydroxylation is 1. The SMILES string of the molecule is O=C(CCCn1c(=O)oc2ccccc21)Nc1ccccc1Cl. The van der Waals surface area contributed by atoms with Crippen molar-refractivity contribution in [2.75, 3.05) is 5.32 Å². The first-order valence-electron chi connectivity index (χ1n) is 7.28. The van der Waals surface area contributed by atoms with Gasteiger partial charge in [-0.05, 0) is 30.7 Å². The molecule has 3 rings (SSSR count). The lowest BCUT2D eigenvalue weighted by molar-refractivity contribution is -0.116. The second-order valence-electron chi connectivity index (χ2n) is 5.12. The monoisotopic (exact) mass is 330 g/mol. The molecule has 1 amide bonds. The number of anilines is 1. The van der Waals surface area contributed by atoms with Crippen LogP contribution in [0.5, 0.6) is 0 Å². The number of carbonyl (C=O) groups is 1. The summed E-state index contributed by atoms with van der Waals surface area (Å²) in [5.74, 6) is -0.545. The minimum absolute atomic E-state index is 0.140. The number of aromatic nitrogens is 1. The Morgan fingerprint density at radius 2 is 1.87 bits per heavy atom. The Labute approximate surface area is 137 Å². The molecule has 1 aromatic heterocycles. The van der Waals surface area contributed by atoms with E-state index in [0.717, 1.165) is 5.52 Å². The maximum absolute atomic E-state index is 12.0. The van der Waals surface area contributed by atoms with E-state index in [9.17, 15) is 9.59 Å². The average Bonchev–Trinajstić information content (AvgIpc) is 2.86. The number of oxazole rings is 1. The highest BCUT2D eigenvalue weighted by Crippen LogP contribution is 2.20. The highest BCUT2D eigenvalue weighted by molar-refractivity contribution is 6.33. The number of hydrogen-bond acceptors (Lipinski definition) is 3. The molecule has 6 heteroatoms. The molecule has 2 aromatic carbocycles. The van der Waals surface area contributed by atoms with Gasteiger partial charge >= 0.3 is 5.76 Å². The molecule has 0 aliphatic carbocycles. The van der Waals surface area contributed by atoms with Crippen LogP contribution in [0, 0.1) is 0 Å². The summed E-state index contributed by atoms with van der Waals surface area (Å²) >= 11 is 6.00. The number of fused-ring (bicyclic) bond motifs is 1. The Morgan fingerprint density at radius 1 is 1.13 bits per heavy atom. The maximum Gasteiger partial charge on any atom is 0.419 e. The zero-order valence-corrected chi connectivity index (χ0v) is 13.0. The van der Waals surface area contributed by atoms with Crippen LogP contribution in [0.15, 0.2) is 57.7 Å². The molecular weight excluding hydrogens is 316 g/mol.